The molecule has 0 aliphatic heterocycles. The molecule has 1 heterocycles. The van der Waals surface area contributed by atoms with E-state index in [2.05, 4.69) is 10.1 Å². The van der Waals surface area contributed by atoms with Crippen LogP contribution in [0.5, 0.6) is 0 Å². The lowest BCUT2D eigenvalue weighted by Crippen LogP contribution is -2.16. The maximum atomic E-state index is 11.1. The third-order valence-corrected chi connectivity index (χ3v) is 2.77. The number of carbonyl (C=O) groups is 1. The fourth-order valence-corrected chi connectivity index (χ4v) is 1.80. The Balaban J connectivity index is 2.30. The molecule has 0 saturated heterocycles. The molecule has 0 radical (unpaired) electrons. The van der Waals surface area contributed by atoms with Gasteiger partial charge in [-0.15, -0.1) is 0 Å². The van der Waals surface area contributed by atoms with Gasteiger partial charge in [-0.3, -0.25) is 4.79 Å². The SMILES string of the molecule is Cc1cccc(-c2noc(C(CCN)C(=O)O)n2)c1. The van der Waals surface area contributed by atoms with Crippen molar-refractivity contribution in [2.75, 3.05) is 6.54 Å². The van der Waals surface area contributed by atoms with Crippen molar-refractivity contribution in [2.45, 2.75) is 19.3 Å². The van der Waals surface area contributed by atoms with Gasteiger partial charge in [-0.05, 0) is 26.0 Å². The minimum Gasteiger partial charge on any atom is -0.481 e. The van der Waals surface area contributed by atoms with E-state index in [1.165, 1.54) is 0 Å². The van der Waals surface area contributed by atoms with Gasteiger partial charge in [-0.25, -0.2) is 0 Å². The highest BCUT2D eigenvalue weighted by molar-refractivity contribution is 5.74. The highest BCUT2D eigenvalue weighted by Gasteiger charge is 2.25. The van der Waals surface area contributed by atoms with Gasteiger partial charge in [0.1, 0.15) is 5.92 Å². The molecule has 1 atom stereocenters. The zero-order valence-corrected chi connectivity index (χ0v) is 10.5. The molecule has 6 nitrogen and oxygen atoms in total. The Kier molecular flexibility index (Phi) is 3.91. The lowest BCUT2D eigenvalue weighted by atomic mass is 10.1. The molecule has 0 amide bonds. The minimum absolute atomic E-state index is 0.0921. The highest BCUT2D eigenvalue weighted by atomic mass is 16.5. The first kappa shape index (κ1) is 13.2. The van der Waals surface area contributed by atoms with Crippen LogP contribution in [0.2, 0.25) is 0 Å². The smallest absolute Gasteiger partial charge is 0.316 e. The summed E-state index contributed by atoms with van der Waals surface area (Å²) in [5, 5.41) is 12.9. The minimum atomic E-state index is -1.01. The summed E-state index contributed by atoms with van der Waals surface area (Å²) in [6, 6.07) is 7.60. The summed E-state index contributed by atoms with van der Waals surface area (Å²) in [4.78, 5) is 15.3. The van der Waals surface area contributed by atoms with E-state index in [1.54, 1.807) is 0 Å². The first-order valence-corrected chi connectivity index (χ1v) is 5.95. The standard InChI is InChI=1S/C13H15N3O3/c1-8-3-2-4-9(7-8)11-15-12(19-16-11)10(5-6-14)13(17)18/h2-4,7,10H,5-6,14H2,1H3,(H,17,18). The molecule has 3 N–H and O–H groups in total. The molecule has 0 spiro atoms. The van der Waals surface area contributed by atoms with Crippen molar-refractivity contribution in [1.29, 1.82) is 0 Å². The topological polar surface area (TPSA) is 102 Å². The summed E-state index contributed by atoms with van der Waals surface area (Å²) in [5.74, 6) is -1.38. The van der Waals surface area contributed by atoms with Crippen LogP contribution < -0.4 is 5.73 Å². The Hall–Kier alpha value is -2.21. The Bertz CT molecular complexity index is 580. The molecule has 0 bridgehead atoms. The molecule has 19 heavy (non-hydrogen) atoms. The number of nitrogens with zero attached hydrogens (tertiary/aromatic N) is 2. The largest absolute Gasteiger partial charge is 0.481 e. The Morgan fingerprint density at radius 2 is 2.32 bits per heavy atom. The molecular weight excluding hydrogens is 246 g/mol. The van der Waals surface area contributed by atoms with E-state index in [4.69, 9.17) is 15.4 Å². The number of aliphatic carboxylic acids is 1. The Morgan fingerprint density at radius 1 is 1.53 bits per heavy atom. The first-order chi connectivity index (χ1) is 9.11. The van der Waals surface area contributed by atoms with Crippen molar-refractivity contribution in [3.63, 3.8) is 0 Å². The molecule has 0 fully saturated rings. The van der Waals surface area contributed by atoms with Gasteiger partial charge in [-0.2, -0.15) is 4.98 Å². The maximum absolute atomic E-state index is 11.1. The lowest BCUT2D eigenvalue weighted by Gasteiger charge is -2.04. The quantitative estimate of drug-likeness (QED) is 0.846. The number of hydrogen-bond donors (Lipinski definition) is 2. The number of carboxylic acids is 1. The average Bonchev–Trinajstić information content (AvgIpc) is 2.84. The second kappa shape index (κ2) is 5.62. The van der Waals surface area contributed by atoms with Crippen LogP contribution in [0, 0.1) is 6.92 Å². The van der Waals surface area contributed by atoms with E-state index >= 15 is 0 Å². The van der Waals surface area contributed by atoms with Crippen molar-refractivity contribution in [3.05, 3.63) is 35.7 Å². The van der Waals surface area contributed by atoms with E-state index in [-0.39, 0.29) is 18.9 Å². The molecule has 1 aromatic heterocycles. The average molecular weight is 261 g/mol. The lowest BCUT2D eigenvalue weighted by molar-refractivity contribution is -0.139. The number of carboxylic acid groups (broad SMARTS) is 1. The summed E-state index contributed by atoms with van der Waals surface area (Å²) >= 11 is 0. The normalized spacial score (nSPS) is 12.3. The van der Waals surface area contributed by atoms with Crippen LogP contribution in [-0.4, -0.2) is 27.8 Å². The van der Waals surface area contributed by atoms with Crippen LogP contribution in [-0.2, 0) is 4.79 Å². The summed E-state index contributed by atoms with van der Waals surface area (Å²) in [6.45, 7) is 2.21. The fourth-order valence-electron chi connectivity index (χ4n) is 1.80. The van der Waals surface area contributed by atoms with Crippen LogP contribution in [0.1, 0.15) is 23.8 Å². The number of nitrogens with two attached hydrogens (primary N) is 1. The van der Waals surface area contributed by atoms with Crippen LogP contribution in [0.15, 0.2) is 28.8 Å². The predicted octanol–water partition coefficient (Wildman–Crippen LogP) is 1.56. The second-order valence-electron chi connectivity index (χ2n) is 4.29. The van der Waals surface area contributed by atoms with Gasteiger partial charge in [0.25, 0.3) is 0 Å². The predicted molar refractivity (Wildman–Crippen MR) is 68.5 cm³/mol. The van der Waals surface area contributed by atoms with E-state index in [0.717, 1.165) is 11.1 Å². The van der Waals surface area contributed by atoms with Crippen LogP contribution >= 0.6 is 0 Å². The first-order valence-electron chi connectivity index (χ1n) is 5.95. The van der Waals surface area contributed by atoms with E-state index in [1.807, 2.05) is 31.2 Å². The zero-order chi connectivity index (χ0) is 13.8. The number of rotatable bonds is 5. The Labute approximate surface area is 110 Å². The molecule has 0 aliphatic carbocycles. The van der Waals surface area contributed by atoms with E-state index < -0.39 is 11.9 Å². The van der Waals surface area contributed by atoms with Gasteiger partial charge in [0.05, 0.1) is 0 Å². The number of aromatic nitrogens is 2. The Morgan fingerprint density at radius 3 is 2.95 bits per heavy atom. The molecule has 0 saturated carbocycles. The molecule has 100 valence electrons. The van der Waals surface area contributed by atoms with Crippen molar-refractivity contribution in [1.82, 2.24) is 10.1 Å². The zero-order valence-electron chi connectivity index (χ0n) is 10.5. The van der Waals surface area contributed by atoms with Gasteiger partial charge in [0.15, 0.2) is 0 Å². The molecule has 2 rings (SSSR count). The van der Waals surface area contributed by atoms with Crippen molar-refractivity contribution >= 4 is 5.97 Å². The van der Waals surface area contributed by atoms with Crippen LogP contribution in [0.4, 0.5) is 0 Å². The van der Waals surface area contributed by atoms with Crippen molar-refractivity contribution < 1.29 is 14.4 Å². The third-order valence-electron chi connectivity index (χ3n) is 2.77. The van der Waals surface area contributed by atoms with Crippen molar-refractivity contribution in [2.24, 2.45) is 5.73 Å². The molecular formula is C13H15N3O3. The molecule has 2 aromatic rings. The number of hydrogen-bond acceptors (Lipinski definition) is 5. The van der Waals surface area contributed by atoms with Gasteiger partial charge in [-0.1, -0.05) is 28.9 Å². The molecule has 6 heteroatoms. The third kappa shape index (κ3) is 2.97. The summed E-state index contributed by atoms with van der Waals surface area (Å²) in [6.07, 6.45) is 0.269. The highest BCUT2D eigenvalue weighted by Crippen LogP contribution is 2.22. The maximum Gasteiger partial charge on any atom is 0.316 e. The van der Waals surface area contributed by atoms with Gasteiger partial charge < -0.3 is 15.4 Å². The van der Waals surface area contributed by atoms with E-state index in [9.17, 15) is 4.79 Å². The van der Waals surface area contributed by atoms with Gasteiger partial charge in [0, 0.05) is 5.56 Å². The number of aryl methyl sites for hydroxylation is 1. The molecule has 0 aliphatic rings. The molecule has 1 unspecified atom stereocenters. The van der Waals surface area contributed by atoms with Gasteiger partial charge in [0.2, 0.25) is 11.7 Å². The molecule has 1 aromatic carbocycles. The summed E-state index contributed by atoms with van der Waals surface area (Å²) in [7, 11) is 0. The van der Waals surface area contributed by atoms with Crippen molar-refractivity contribution in [3.8, 4) is 11.4 Å². The fraction of sp³-hybridized carbons (Fsp3) is 0.308. The van der Waals surface area contributed by atoms with Gasteiger partial charge >= 0.3 is 5.97 Å². The van der Waals surface area contributed by atoms with Crippen LogP contribution in [0.25, 0.3) is 11.4 Å². The monoisotopic (exact) mass is 261 g/mol. The second-order valence-corrected chi connectivity index (χ2v) is 4.29. The van der Waals surface area contributed by atoms with E-state index in [0.29, 0.717) is 5.82 Å². The summed E-state index contributed by atoms with van der Waals surface area (Å²) in [5.41, 5.74) is 7.26. The number of benzene rings is 1. The van der Waals surface area contributed by atoms with Crippen LogP contribution in [0.3, 0.4) is 0 Å². The summed E-state index contributed by atoms with van der Waals surface area (Å²) < 4.78 is 5.04.